The first-order chi connectivity index (χ1) is 14.4. The Morgan fingerprint density at radius 1 is 1.17 bits per heavy atom. The average molecular weight is 415 g/mol. The lowest BCUT2D eigenvalue weighted by molar-refractivity contribution is -0.133. The van der Waals surface area contributed by atoms with Crippen molar-refractivity contribution in [2.75, 3.05) is 19.8 Å². The van der Waals surface area contributed by atoms with E-state index < -0.39 is 5.92 Å². The number of carbonyl (C=O) groups excluding carboxylic acids is 1. The van der Waals surface area contributed by atoms with Gasteiger partial charge in [-0.05, 0) is 66.3 Å². The highest BCUT2D eigenvalue weighted by Crippen LogP contribution is 2.33. The lowest BCUT2D eigenvalue weighted by Crippen LogP contribution is -2.36. The van der Waals surface area contributed by atoms with Gasteiger partial charge in [-0.3, -0.25) is 4.79 Å². The van der Waals surface area contributed by atoms with Crippen LogP contribution in [0.5, 0.6) is 11.5 Å². The molecule has 2 heterocycles. The van der Waals surface area contributed by atoms with Gasteiger partial charge in [0.1, 0.15) is 11.5 Å². The number of rotatable bonds is 6. The monoisotopic (exact) mass is 415 g/mol. The molecule has 6 heteroatoms. The summed E-state index contributed by atoms with van der Waals surface area (Å²) in [6.45, 7) is 4.19. The highest BCUT2D eigenvalue weighted by Gasteiger charge is 2.29. The Labute approximate surface area is 175 Å². The fourth-order valence-electron chi connectivity index (χ4n) is 4.04. The normalized spacial score (nSPS) is 18.9. The third-order valence-corrected chi connectivity index (χ3v) is 5.99. The summed E-state index contributed by atoms with van der Waals surface area (Å²) in [5.41, 5.74) is 2.28. The molecule has 2 aromatic rings. The first-order valence-electron chi connectivity index (χ1n) is 10.6. The third kappa shape index (κ3) is 4.64. The molecule has 0 aliphatic carbocycles. The Bertz CT molecular complexity index is 892. The Morgan fingerprint density at radius 3 is 2.63 bits per heavy atom. The zero-order valence-electron chi connectivity index (χ0n) is 17.2. The fourth-order valence-corrected chi connectivity index (χ4v) is 4.04. The molecule has 0 aromatic heterocycles. The molecule has 0 bridgehead atoms. The largest absolute Gasteiger partial charge is 0.457 e. The molecule has 4 rings (SSSR count). The second kappa shape index (κ2) is 8.72. The van der Waals surface area contributed by atoms with Crippen LogP contribution in [0.3, 0.4) is 0 Å². The quantitative estimate of drug-likeness (QED) is 0.643. The van der Waals surface area contributed by atoms with Crippen LogP contribution >= 0.6 is 0 Å². The Balaban J connectivity index is 1.42. The number of amides is 1. The van der Waals surface area contributed by atoms with Crippen LogP contribution in [0.2, 0.25) is 0 Å². The lowest BCUT2D eigenvalue weighted by atomic mass is 9.98. The molecule has 2 aromatic carbocycles. The number of nitrogens with zero attached hydrogens (tertiary/aromatic N) is 1. The number of hydrogen-bond donors (Lipinski definition) is 0. The number of benzene rings is 2. The van der Waals surface area contributed by atoms with E-state index in [2.05, 4.69) is 0 Å². The molecule has 4 nitrogen and oxygen atoms in total. The summed E-state index contributed by atoms with van der Waals surface area (Å²) in [4.78, 5) is 14.6. The van der Waals surface area contributed by atoms with Gasteiger partial charge >= 0.3 is 0 Å². The smallest absolute Gasteiger partial charge is 0.273 e. The number of fused-ring (bicyclic) bond motifs is 1. The molecule has 2 aliphatic rings. The fraction of sp³-hybridized carbons (Fsp3) is 0.458. The molecular formula is C24H27F2NO3. The van der Waals surface area contributed by atoms with E-state index in [0.717, 1.165) is 31.6 Å². The van der Waals surface area contributed by atoms with Gasteiger partial charge in [0.2, 0.25) is 5.91 Å². The van der Waals surface area contributed by atoms with Crippen molar-refractivity contribution in [3.8, 4) is 11.5 Å². The van der Waals surface area contributed by atoms with Crippen LogP contribution in [-0.4, -0.2) is 30.6 Å². The molecule has 1 atom stereocenters. The molecule has 30 heavy (non-hydrogen) atoms. The van der Waals surface area contributed by atoms with Crippen LogP contribution in [0.1, 0.15) is 42.9 Å². The van der Waals surface area contributed by atoms with Crippen LogP contribution in [0.15, 0.2) is 42.5 Å². The molecule has 160 valence electrons. The van der Waals surface area contributed by atoms with Crippen molar-refractivity contribution in [1.82, 2.24) is 4.90 Å². The predicted octanol–water partition coefficient (Wildman–Crippen LogP) is 5.29. The molecule has 0 saturated carbocycles. The van der Waals surface area contributed by atoms with Gasteiger partial charge in [-0.2, -0.15) is 0 Å². The summed E-state index contributed by atoms with van der Waals surface area (Å²) in [7, 11) is 0. The highest BCUT2D eigenvalue weighted by molar-refractivity contribution is 5.77. The molecule has 0 radical (unpaired) electrons. The van der Waals surface area contributed by atoms with Crippen molar-refractivity contribution in [2.45, 2.75) is 45.1 Å². The Morgan fingerprint density at radius 2 is 1.93 bits per heavy atom. The second-order valence-corrected chi connectivity index (χ2v) is 8.11. The van der Waals surface area contributed by atoms with Crippen molar-refractivity contribution in [3.05, 3.63) is 59.2 Å². The van der Waals surface area contributed by atoms with E-state index in [1.165, 1.54) is 24.6 Å². The maximum absolute atomic E-state index is 13.8. The molecule has 1 unspecified atom stereocenters. The van der Waals surface area contributed by atoms with E-state index in [4.69, 9.17) is 9.47 Å². The number of halogens is 2. The van der Waals surface area contributed by atoms with E-state index in [1.54, 1.807) is 12.1 Å². The van der Waals surface area contributed by atoms with Crippen LogP contribution in [0.25, 0.3) is 0 Å². The van der Waals surface area contributed by atoms with Gasteiger partial charge in [0.05, 0.1) is 0 Å². The van der Waals surface area contributed by atoms with Gasteiger partial charge in [-0.15, -0.1) is 0 Å². The molecule has 1 amide bonds. The van der Waals surface area contributed by atoms with Gasteiger partial charge in [0.25, 0.3) is 5.92 Å². The molecule has 2 aliphatic heterocycles. The predicted molar refractivity (Wildman–Crippen MR) is 110 cm³/mol. The van der Waals surface area contributed by atoms with Gasteiger partial charge in [0, 0.05) is 44.7 Å². The van der Waals surface area contributed by atoms with Gasteiger partial charge in [-0.1, -0.05) is 13.0 Å². The summed E-state index contributed by atoms with van der Waals surface area (Å²) in [6, 6.07) is 11.8. The minimum Gasteiger partial charge on any atom is -0.457 e. The first kappa shape index (κ1) is 20.8. The maximum atomic E-state index is 13.8. The van der Waals surface area contributed by atoms with Gasteiger partial charge in [0.15, 0.2) is 0 Å². The van der Waals surface area contributed by atoms with E-state index in [-0.39, 0.29) is 17.9 Å². The zero-order chi connectivity index (χ0) is 21.1. The van der Waals surface area contributed by atoms with Gasteiger partial charge in [-0.25, -0.2) is 8.78 Å². The first-order valence-corrected chi connectivity index (χ1v) is 10.6. The number of carbonyl (C=O) groups is 1. The van der Waals surface area contributed by atoms with E-state index in [1.807, 2.05) is 23.1 Å². The van der Waals surface area contributed by atoms with Crippen molar-refractivity contribution >= 4 is 5.91 Å². The zero-order valence-corrected chi connectivity index (χ0v) is 17.2. The molecule has 1 fully saturated rings. The highest BCUT2D eigenvalue weighted by atomic mass is 19.3. The third-order valence-electron chi connectivity index (χ3n) is 5.99. The van der Waals surface area contributed by atoms with E-state index in [9.17, 15) is 13.6 Å². The topological polar surface area (TPSA) is 38.8 Å². The summed E-state index contributed by atoms with van der Waals surface area (Å²) in [5, 5.41) is 0. The second-order valence-electron chi connectivity index (χ2n) is 8.11. The van der Waals surface area contributed by atoms with E-state index >= 15 is 0 Å². The lowest BCUT2D eigenvalue weighted by Gasteiger charge is -2.30. The summed E-state index contributed by atoms with van der Waals surface area (Å²) < 4.78 is 38.8. The minimum atomic E-state index is -2.83. The molecular weight excluding hydrogens is 388 g/mol. The summed E-state index contributed by atoms with van der Waals surface area (Å²) in [6.07, 6.45) is 2.09. The maximum Gasteiger partial charge on any atom is 0.273 e. The minimum absolute atomic E-state index is 0.00962. The number of ether oxygens (including phenoxy) is 2. The number of alkyl halides is 2. The van der Waals surface area contributed by atoms with Crippen LogP contribution in [0, 0.1) is 5.92 Å². The Kier molecular flexibility index (Phi) is 6.04. The van der Waals surface area contributed by atoms with Gasteiger partial charge < -0.3 is 14.4 Å². The van der Waals surface area contributed by atoms with Crippen LogP contribution in [0.4, 0.5) is 8.78 Å². The standard InChI is InChI=1S/C24H27F2NO3/c1-2-24(25,26)20-4-7-21(8-5-20)30-22-6-3-18-9-11-27(15-19(18)14-22)23(28)13-17-10-12-29-16-17/h3-8,14,17H,2,9-13,15-16H2,1H3. The summed E-state index contributed by atoms with van der Waals surface area (Å²) >= 11 is 0. The van der Waals surface area contributed by atoms with Crippen molar-refractivity contribution in [2.24, 2.45) is 5.92 Å². The number of hydrogen-bond acceptors (Lipinski definition) is 3. The summed E-state index contributed by atoms with van der Waals surface area (Å²) in [5.74, 6) is -1.17. The molecule has 0 spiro atoms. The Hall–Kier alpha value is -2.47. The molecule has 0 N–H and O–H groups in total. The SMILES string of the molecule is CCC(F)(F)c1ccc(Oc2ccc3c(c2)CN(C(=O)CC2CCOC2)CC3)cc1. The molecule has 1 saturated heterocycles. The van der Waals surface area contributed by atoms with Crippen molar-refractivity contribution in [3.63, 3.8) is 0 Å². The van der Waals surface area contributed by atoms with Crippen LogP contribution in [-0.2, 0) is 28.4 Å². The average Bonchev–Trinajstić information content (AvgIpc) is 3.26. The van der Waals surface area contributed by atoms with E-state index in [0.29, 0.717) is 37.0 Å². The van der Waals surface area contributed by atoms with Crippen molar-refractivity contribution < 1.29 is 23.0 Å². The van der Waals surface area contributed by atoms with Crippen LogP contribution < -0.4 is 4.74 Å². The van der Waals surface area contributed by atoms with Crippen molar-refractivity contribution in [1.29, 1.82) is 0 Å².